The van der Waals surface area contributed by atoms with Gasteiger partial charge in [0, 0.05) is 0 Å². The lowest BCUT2D eigenvalue weighted by molar-refractivity contribution is 0.378. The van der Waals surface area contributed by atoms with Gasteiger partial charge in [0.25, 0.3) is 5.89 Å². The van der Waals surface area contributed by atoms with Gasteiger partial charge in [-0.05, 0) is 26.3 Å². The molecule has 1 atom stereocenters. The Kier molecular flexibility index (Phi) is 2.55. The van der Waals surface area contributed by atoms with E-state index in [-0.39, 0.29) is 0 Å². The van der Waals surface area contributed by atoms with E-state index in [1.165, 1.54) is 0 Å². The van der Waals surface area contributed by atoms with Gasteiger partial charge in [0.15, 0.2) is 5.82 Å². The molecule has 5 heteroatoms. The minimum Gasteiger partial charge on any atom is -0.469 e. The Morgan fingerprint density at radius 3 is 2.81 bits per heavy atom. The van der Waals surface area contributed by atoms with E-state index >= 15 is 0 Å². The molecule has 0 amide bonds. The van der Waals surface area contributed by atoms with Crippen LogP contribution in [0.3, 0.4) is 0 Å². The summed E-state index contributed by atoms with van der Waals surface area (Å²) in [5, 5.41) is 3.90. The first-order valence-corrected chi connectivity index (χ1v) is 5.22. The summed E-state index contributed by atoms with van der Waals surface area (Å²) in [5.74, 6) is 1.72. The Hall–Kier alpha value is -1.62. The molecule has 16 heavy (non-hydrogen) atoms. The molecule has 2 aromatic heterocycles. The van der Waals surface area contributed by atoms with Gasteiger partial charge in [-0.1, -0.05) is 12.1 Å². The Morgan fingerprint density at radius 2 is 2.25 bits per heavy atom. The van der Waals surface area contributed by atoms with Crippen molar-refractivity contribution < 1.29 is 8.94 Å². The van der Waals surface area contributed by atoms with Crippen molar-refractivity contribution >= 4 is 0 Å². The maximum atomic E-state index is 6.03. The molecule has 86 valence electrons. The molecule has 0 saturated heterocycles. The first-order valence-electron chi connectivity index (χ1n) is 5.22. The van der Waals surface area contributed by atoms with E-state index in [0.717, 1.165) is 17.7 Å². The summed E-state index contributed by atoms with van der Waals surface area (Å²) in [5.41, 5.74) is 6.29. The highest BCUT2D eigenvalue weighted by molar-refractivity contribution is 5.54. The third-order valence-electron chi connectivity index (χ3n) is 2.76. The number of hydrogen-bond donors (Lipinski definition) is 1. The second kappa shape index (κ2) is 3.75. The molecular formula is C11H15N3O2. The Bertz CT molecular complexity index is 485. The van der Waals surface area contributed by atoms with Crippen LogP contribution in [0, 0.1) is 6.92 Å². The van der Waals surface area contributed by atoms with Crippen molar-refractivity contribution in [1.82, 2.24) is 10.1 Å². The number of rotatable bonds is 3. The Balaban J connectivity index is 2.37. The van der Waals surface area contributed by atoms with Crippen LogP contribution in [-0.4, -0.2) is 10.1 Å². The summed E-state index contributed by atoms with van der Waals surface area (Å²) in [6, 6.07) is 1.80. The molecule has 0 aliphatic carbocycles. The first kappa shape index (κ1) is 10.9. The van der Waals surface area contributed by atoms with Gasteiger partial charge in [0.05, 0.1) is 17.4 Å². The minimum absolute atomic E-state index is 0.450. The highest BCUT2D eigenvalue weighted by Crippen LogP contribution is 2.25. The van der Waals surface area contributed by atoms with E-state index < -0.39 is 5.54 Å². The monoisotopic (exact) mass is 221 g/mol. The SMILES string of the molecule is CCC(C)(N)c1noc(-c2ccoc2C)n1. The van der Waals surface area contributed by atoms with Gasteiger partial charge < -0.3 is 14.7 Å². The van der Waals surface area contributed by atoms with Crippen LogP contribution in [0.15, 0.2) is 21.3 Å². The number of aryl methyl sites for hydroxylation is 1. The zero-order chi connectivity index (χ0) is 11.8. The molecule has 0 aliphatic heterocycles. The van der Waals surface area contributed by atoms with Gasteiger partial charge >= 0.3 is 0 Å². The largest absolute Gasteiger partial charge is 0.469 e. The molecule has 0 bridgehead atoms. The van der Waals surface area contributed by atoms with Crippen LogP contribution in [0.4, 0.5) is 0 Å². The fraction of sp³-hybridized carbons (Fsp3) is 0.455. The van der Waals surface area contributed by atoms with Crippen molar-refractivity contribution in [3.8, 4) is 11.5 Å². The highest BCUT2D eigenvalue weighted by atomic mass is 16.5. The van der Waals surface area contributed by atoms with Crippen LogP contribution in [0.5, 0.6) is 0 Å². The highest BCUT2D eigenvalue weighted by Gasteiger charge is 2.26. The Morgan fingerprint density at radius 1 is 1.50 bits per heavy atom. The second-order valence-electron chi connectivity index (χ2n) is 4.08. The van der Waals surface area contributed by atoms with Crippen molar-refractivity contribution in [2.45, 2.75) is 32.7 Å². The fourth-order valence-electron chi connectivity index (χ4n) is 1.33. The van der Waals surface area contributed by atoms with Crippen LogP contribution in [0.1, 0.15) is 31.9 Å². The van der Waals surface area contributed by atoms with Gasteiger partial charge in [0.1, 0.15) is 5.76 Å². The third-order valence-corrected chi connectivity index (χ3v) is 2.76. The number of nitrogens with zero attached hydrogens (tertiary/aromatic N) is 2. The minimum atomic E-state index is -0.556. The molecule has 0 aliphatic rings. The lowest BCUT2D eigenvalue weighted by Gasteiger charge is -2.16. The lowest BCUT2D eigenvalue weighted by atomic mass is 10.0. The molecule has 5 nitrogen and oxygen atoms in total. The summed E-state index contributed by atoms with van der Waals surface area (Å²) in [6.45, 7) is 5.71. The van der Waals surface area contributed by atoms with E-state index in [9.17, 15) is 0 Å². The van der Waals surface area contributed by atoms with Crippen LogP contribution >= 0.6 is 0 Å². The van der Waals surface area contributed by atoms with Crippen LogP contribution < -0.4 is 5.73 Å². The molecular weight excluding hydrogens is 206 g/mol. The lowest BCUT2D eigenvalue weighted by Crippen LogP contribution is -2.33. The molecule has 2 aromatic rings. The predicted octanol–water partition coefficient (Wildman–Crippen LogP) is 2.22. The fourth-order valence-corrected chi connectivity index (χ4v) is 1.33. The molecule has 2 N–H and O–H groups in total. The topological polar surface area (TPSA) is 78.1 Å². The molecule has 0 spiro atoms. The zero-order valence-corrected chi connectivity index (χ0v) is 9.65. The van der Waals surface area contributed by atoms with Crippen molar-refractivity contribution in [2.75, 3.05) is 0 Å². The van der Waals surface area contributed by atoms with Crippen LogP contribution in [-0.2, 0) is 5.54 Å². The third kappa shape index (κ3) is 1.74. The summed E-state index contributed by atoms with van der Waals surface area (Å²) >= 11 is 0. The van der Waals surface area contributed by atoms with E-state index in [2.05, 4.69) is 10.1 Å². The van der Waals surface area contributed by atoms with Crippen molar-refractivity contribution in [2.24, 2.45) is 5.73 Å². The van der Waals surface area contributed by atoms with E-state index in [1.807, 2.05) is 20.8 Å². The van der Waals surface area contributed by atoms with Gasteiger partial charge in [-0.25, -0.2) is 0 Å². The quantitative estimate of drug-likeness (QED) is 0.859. The van der Waals surface area contributed by atoms with Gasteiger partial charge in [-0.15, -0.1) is 0 Å². The normalized spacial score (nSPS) is 15.0. The van der Waals surface area contributed by atoms with Crippen molar-refractivity contribution in [3.05, 3.63) is 23.9 Å². The smallest absolute Gasteiger partial charge is 0.261 e. The first-order chi connectivity index (χ1) is 7.54. The predicted molar refractivity (Wildman–Crippen MR) is 58.6 cm³/mol. The summed E-state index contributed by atoms with van der Waals surface area (Å²) in [6.07, 6.45) is 2.34. The Labute approximate surface area is 93.6 Å². The molecule has 0 fully saturated rings. The van der Waals surface area contributed by atoms with Crippen LogP contribution in [0.2, 0.25) is 0 Å². The maximum Gasteiger partial charge on any atom is 0.261 e. The van der Waals surface area contributed by atoms with Crippen LogP contribution in [0.25, 0.3) is 11.5 Å². The average molecular weight is 221 g/mol. The maximum absolute atomic E-state index is 6.03. The van der Waals surface area contributed by atoms with Crippen molar-refractivity contribution in [3.63, 3.8) is 0 Å². The summed E-state index contributed by atoms with van der Waals surface area (Å²) in [4.78, 5) is 4.29. The molecule has 0 radical (unpaired) electrons. The molecule has 0 saturated carbocycles. The number of furan rings is 1. The summed E-state index contributed by atoms with van der Waals surface area (Å²) in [7, 11) is 0. The standard InChI is InChI=1S/C11H15N3O2/c1-4-11(3,12)10-13-9(16-14-10)8-5-6-15-7(8)2/h5-6H,4,12H2,1-3H3. The van der Waals surface area contributed by atoms with E-state index in [0.29, 0.717) is 11.7 Å². The van der Waals surface area contributed by atoms with Gasteiger partial charge in [-0.2, -0.15) is 4.98 Å². The van der Waals surface area contributed by atoms with Crippen molar-refractivity contribution in [1.29, 1.82) is 0 Å². The zero-order valence-electron chi connectivity index (χ0n) is 9.65. The van der Waals surface area contributed by atoms with Gasteiger partial charge in [-0.3, -0.25) is 0 Å². The summed E-state index contributed by atoms with van der Waals surface area (Å²) < 4.78 is 10.4. The molecule has 2 rings (SSSR count). The molecule has 2 heterocycles. The molecule has 0 aromatic carbocycles. The number of aromatic nitrogens is 2. The van der Waals surface area contributed by atoms with E-state index in [4.69, 9.17) is 14.7 Å². The number of nitrogens with two attached hydrogens (primary N) is 1. The molecule has 1 unspecified atom stereocenters. The number of hydrogen-bond acceptors (Lipinski definition) is 5. The average Bonchev–Trinajstić information content (AvgIpc) is 2.85. The second-order valence-corrected chi connectivity index (χ2v) is 4.08. The van der Waals surface area contributed by atoms with Gasteiger partial charge in [0.2, 0.25) is 0 Å². The van der Waals surface area contributed by atoms with E-state index in [1.54, 1.807) is 12.3 Å².